The highest BCUT2D eigenvalue weighted by Gasteiger charge is 2.42. The van der Waals surface area contributed by atoms with Crippen molar-refractivity contribution in [2.45, 2.75) is 51.9 Å². The zero-order valence-electron chi connectivity index (χ0n) is 10.6. The van der Waals surface area contributed by atoms with Crippen molar-refractivity contribution in [1.82, 2.24) is 4.90 Å². The maximum Gasteiger partial charge on any atom is 0.228 e. The molecule has 0 spiro atoms. The van der Waals surface area contributed by atoms with Gasteiger partial charge in [0.15, 0.2) is 0 Å². The summed E-state index contributed by atoms with van der Waals surface area (Å²) in [5, 5.41) is 12.0. The van der Waals surface area contributed by atoms with Crippen LogP contribution >= 0.6 is 0 Å². The minimum absolute atomic E-state index is 0.0755. The molecule has 4 nitrogen and oxygen atoms in total. The molecule has 0 aromatic rings. The van der Waals surface area contributed by atoms with Gasteiger partial charge in [-0.15, -0.1) is 0 Å². The van der Waals surface area contributed by atoms with Gasteiger partial charge in [-0.2, -0.15) is 0 Å². The number of nitrogens with zero attached hydrogens (tertiary/aromatic N) is 2. The summed E-state index contributed by atoms with van der Waals surface area (Å²) < 4.78 is 0. The van der Waals surface area contributed by atoms with Crippen molar-refractivity contribution in [1.29, 1.82) is 0 Å². The van der Waals surface area contributed by atoms with Crippen LogP contribution in [0, 0.1) is 5.41 Å². The van der Waals surface area contributed by atoms with Gasteiger partial charge in [0, 0.05) is 31.3 Å². The summed E-state index contributed by atoms with van der Waals surface area (Å²) in [6.45, 7) is 3.58. The van der Waals surface area contributed by atoms with Gasteiger partial charge in [-0.1, -0.05) is 24.9 Å². The maximum atomic E-state index is 12.6. The molecule has 2 aliphatic rings. The predicted molar refractivity (Wildman–Crippen MR) is 66.2 cm³/mol. The molecule has 17 heavy (non-hydrogen) atoms. The Bertz CT molecular complexity index is 309. The van der Waals surface area contributed by atoms with Gasteiger partial charge < -0.3 is 10.1 Å². The first-order chi connectivity index (χ1) is 8.22. The van der Waals surface area contributed by atoms with E-state index in [0.717, 1.165) is 50.9 Å². The molecule has 0 unspecified atom stereocenters. The fourth-order valence-corrected chi connectivity index (χ4v) is 3.17. The van der Waals surface area contributed by atoms with E-state index in [2.05, 4.69) is 12.1 Å². The fourth-order valence-electron chi connectivity index (χ4n) is 3.17. The van der Waals surface area contributed by atoms with Crippen LogP contribution in [-0.4, -0.2) is 34.8 Å². The van der Waals surface area contributed by atoms with Crippen molar-refractivity contribution in [2.75, 3.05) is 13.1 Å². The maximum absolute atomic E-state index is 12.6. The molecule has 2 fully saturated rings. The Kier molecular flexibility index (Phi) is 3.69. The van der Waals surface area contributed by atoms with Crippen LogP contribution in [0.2, 0.25) is 0 Å². The number of amides is 1. The third kappa shape index (κ3) is 2.31. The lowest BCUT2D eigenvalue weighted by Gasteiger charge is -2.36. The van der Waals surface area contributed by atoms with Crippen molar-refractivity contribution in [2.24, 2.45) is 10.6 Å². The molecule has 0 bridgehead atoms. The molecule has 0 radical (unpaired) electrons. The Morgan fingerprint density at radius 3 is 2.41 bits per heavy atom. The van der Waals surface area contributed by atoms with Crippen LogP contribution < -0.4 is 0 Å². The Hall–Kier alpha value is -1.06. The second kappa shape index (κ2) is 5.07. The molecule has 1 N–H and O–H groups in total. The summed E-state index contributed by atoms with van der Waals surface area (Å²) in [5.74, 6) is 0.342. The van der Waals surface area contributed by atoms with Crippen molar-refractivity contribution in [3.8, 4) is 0 Å². The number of hydrogen-bond acceptors (Lipinski definition) is 3. The SMILES string of the molecule is CCC1(C(=O)N2CCC(=NO)CC2)CCCC1. The second-order valence-electron chi connectivity index (χ2n) is 5.30. The molecule has 1 heterocycles. The fraction of sp³-hybridized carbons (Fsp3) is 0.846. The molecule has 4 heteroatoms. The van der Waals surface area contributed by atoms with Crippen LogP contribution in [0.5, 0.6) is 0 Å². The first-order valence-electron chi connectivity index (χ1n) is 6.71. The van der Waals surface area contributed by atoms with Crippen LogP contribution in [0.4, 0.5) is 0 Å². The lowest BCUT2D eigenvalue weighted by Crippen LogP contribution is -2.46. The van der Waals surface area contributed by atoms with Crippen LogP contribution in [0.15, 0.2) is 5.16 Å². The molecule has 1 aliphatic carbocycles. The van der Waals surface area contributed by atoms with Gasteiger partial charge in [0.1, 0.15) is 0 Å². The van der Waals surface area contributed by atoms with E-state index in [0.29, 0.717) is 5.91 Å². The number of carbonyl (C=O) groups excluding carboxylic acids is 1. The third-order valence-corrected chi connectivity index (χ3v) is 4.46. The zero-order chi connectivity index (χ0) is 12.3. The van der Waals surface area contributed by atoms with Crippen molar-refractivity contribution in [3.05, 3.63) is 0 Å². The van der Waals surface area contributed by atoms with E-state index < -0.39 is 0 Å². The lowest BCUT2D eigenvalue weighted by atomic mass is 9.81. The van der Waals surface area contributed by atoms with E-state index in [-0.39, 0.29) is 5.41 Å². The van der Waals surface area contributed by atoms with E-state index >= 15 is 0 Å². The van der Waals surface area contributed by atoms with Crippen molar-refractivity contribution >= 4 is 11.6 Å². The van der Waals surface area contributed by atoms with Gasteiger partial charge in [0.2, 0.25) is 5.91 Å². The average molecular weight is 238 g/mol. The van der Waals surface area contributed by atoms with Gasteiger partial charge in [-0.25, -0.2) is 0 Å². The Morgan fingerprint density at radius 2 is 1.94 bits per heavy atom. The molecule has 1 saturated carbocycles. The minimum Gasteiger partial charge on any atom is -0.411 e. The first-order valence-corrected chi connectivity index (χ1v) is 6.71. The summed E-state index contributed by atoms with van der Waals surface area (Å²) in [6, 6.07) is 0. The molecule has 0 aromatic heterocycles. The summed E-state index contributed by atoms with van der Waals surface area (Å²) >= 11 is 0. The first kappa shape index (κ1) is 12.4. The zero-order valence-corrected chi connectivity index (χ0v) is 10.6. The van der Waals surface area contributed by atoms with E-state index in [1.807, 2.05) is 4.90 Å². The third-order valence-electron chi connectivity index (χ3n) is 4.46. The van der Waals surface area contributed by atoms with Crippen LogP contribution in [0.3, 0.4) is 0 Å². The topological polar surface area (TPSA) is 52.9 Å². The van der Waals surface area contributed by atoms with Gasteiger partial charge in [0.25, 0.3) is 0 Å². The van der Waals surface area contributed by atoms with Gasteiger partial charge in [-0.05, 0) is 19.3 Å². The van der Waals surface area contributed by atoms with Crippen LogP contribution in [-0.2, 0) is 4.79 Å². The summed E-state index contributed by atoms with van der Waals surface area (Å²) in [6.07, 6.45) is 6.90. The van der Waals surface area contributed by atoms with E-state index in [9.17, 15) is 4.79 Å². The van der Waals surface area contributed by atoms with Crippen molar-refractivity contribution < 1.29 is 10.0 Å². The molecule has 1 aliphatic heterocycles. The minimum atomic E-state index is -0.0755. The standard InChI is InChI=1S/C13H22N2O2/c1-2-13(7-3-4-8-13)12(16)15-9-5-11(14-17)6-10-15/h17H,2-10H2,1H3. The highest BCUT2D eigenvalue weighted by atomic mass is 16.4. The normalized spacial score (nSPS) is 23.8. The molecule has 2 rings (SSSR count). The Morgan fingerprint density at radius 1 is 1.35 bits per heavy atom. The smallest absolute Gasteiger partial charge is 0.228 e. The van der Waals surface area contributed by atoms with Crippen LogP contribution in [0.25, 0.3) is 0 Å². The van der Waals surface area contributed by atoms with E-state index in [1.54, 1.807) is 0 Å². The number of oxime groups is 1. The second-order valence-corrected chi connectivity index (χ2v) is 5.30. The molecule has 1 amide bonds. The molecule has 0 atom stereocenters. The average Bonchev–Trinajstić information content (AvgIpc) is 2.88. The highest BCUT2D eigenvalue weighted by molar-refractivity contribution is 5.88. The molecule has 96 valence electrons. The van der Waals surface area contributed by atoms with Gasteiger partial charge in [-0.3, -0.25) is 4.79 Å². The monoisotopic (exact) mass is 238 g/mol. The summed E-state index contributed by atoms with van der Waals surface area (Å²) in [4.78, 5) is 14.5. The van der Waals surface area contributed by atoms with E-state index in [1.165, 1.54) is 12.8 Å². The molecule has 0 aromatic carbocycles. The highest BCUT2D eigenvalue weighted by Crippen LogP contribution is 2.42. The number of rotatable bonds is 2. The van der Waals surface area contributed by atoms with Crippen molar-refractivity contribution in [3.63, 3.8) is 0 Å². The number of likely N-dealkylation sites (tertiary alicyclic amines) is 1. The molecule has 1 saturated heterocycles. The summed E-state index contributed by atoms with van der Waals surface area (Å²) in [7, 11) is 0. The Labute approximate surface area is 103 Å². The largest absolute Gasteiger partial charge is 0.411 e. The molecular weight excluding hydrogens is 216 g/mol. The van der Waals surface area contributed by atoms with E-state index in [4.69, 9.17) is 5.21 Å². The quantitative estimate of drug-likeness (QED) is 0.593. The lowest BCUT2D eigenvalue weighted by molar-refractivity contribution is -0.142. The number of hydrogen-bond donors (Lipinski definition) is 1. The predicted octanol–water partition coefficient (Wildman–Crippen LogP) is 2.41. The van der Waals surface area contributed by atoms with Gasteiger partial charge >= 0.3 is 0 Å². The van der Waals surface area contributed by atoms with Gasteiger partial charge in [0.05, 0.1) is 5.71 Å². The number of carbonyl (C=O) groups is 1. The van der Waals surface area contributed by atoms with Crippen LogP contribution in [0.1, 0.15) is 51.9 Å². The molecular formula is C13H22N2O2. The number of piperidine rings is 1. The Balaban J connectivity index is 2.00. The summed E-state index contributed by atoms with van der Waals surface area (Å²) in [5.41, 5.74) is 0.749.